The molecule has 0 saturated carbocycles. The topological polar surface area (TPSA) is 584 Å². The first-order valence-electron chi connectivity index (χ1n) is 51.4. The summed E-state index contributed by atoms with van der Waals surface area (Å²) in [6.07, 6.45) is 0.111. The van der Waals surface area contributed by atoms with Gasteiger partial charge in [-0.15, -0.1) is 0 Å². The number of benzene rings is 3. The largest absolute Gasteiger partial charge is 0.459 e. The van der Waals surface area contributed by atoms with Crippen molar-refractivity contribution in [3.63, 3.8) is 0 Å². The number of azo groups is 1. The number of nitrogens with zero attached hydrogens (tertiary/aromatic N) is 2. The molecule has 0 unspecified atom stereocenters. The van der Waals surface area contributed by atoms with E-state index in [1.165, 1.54) is 142 Å². The number of amides is 18. The van der Waals surface area contributed by atoms with E-state index >= 15 is 0 Å². The molecule has 0 spiro atoms. The van der Waals surface area contributed by atoms with Crippen LogP contribution in [0.25, 0.3) is 0 Å². The minimum Gasteiger partial charge on any atom is -0.459 e. The van der Waals surface area contributed by atoms with Crippen LogP contribution in [0.1, 0.15) is 317 Å². The van der Waals surface area contributed by atoms with Crippen molar-refractivity contribution >= 4 is 130 Å². The highest BCUT2D eigenvalue weighted by atomic mass is 16.6. The van der Waals surface area contributed by atoms with E-state index < -0.39 is 217 Å². The van der Waals surface area contributed by atoms with Crippen molar-refractivity contribution in [2.75, 3.05) is 5.32 Å². The Morgan fingerprint density at radius 2 is 0.477 bits per heavy atom. The molecule has 3 aromatic carbocycles. The molecule has 18 N–H and O–H groups in total. The second-order valence-corrected chi connectivity index (χ2v) is 47.4. The van der Waals surface area contributed by atoms with E-state index in [2.05, 4.69) is 106 Å². The number of rotatable bonds is 56. The fraction of sp³-hybridized carbons (Fsp3) is 0.657. The second kappa shape index (κ2) is 56.0. The third-order valence-corrected chi connectivity index (χ3v) is 23.5. The van der Waals surface area contributed by atoms with Gasteiger partial charge in [-0.2, -0.15) is 10.2 Å². The zero-order chi connectivity index (χ0) is 114. The Balaban J connectivity index is 1.66. The van der Waals surface area contributed by atoms with Gasteiger partial charge in [0.05, 0.1) is 11.4 Å². The Kier molecular flexibility index (Phi) is 48.9. The van der Waals surface area contributed by atoms with Crippen LogP contribution < -0.4 is 95.7 Å². The second-order valence-electron chi connectivity index (χ2n) is 47.4. The van der Waals surface area contributed by atoms with Gasteiger partial charge in [-0.3, -0.25) is 81.5 Å². The normalized spacial score (nSPS) is 14.2. The molecular weight excluding hydrogens is 1910 g/mol. The van der Waals surface area contributed by atoms with Gasteiger partial charge in [-0.25, -0.2) is 9.59 Å². The van der Waals surface area contributed by atoms with Gasteiger partial charge in [0.15, 0.2) is 0 Å². The van der Waals surface area contributed by atoms with Gasteiger partial charge >= 0.3 is 12.1 Å². The number of alkyl carbamates (subject to hydrolysis) is 1. The Labute approximate surface area is 880 Å². The maximum absolute atomic E-state index is 14.4. The molecule has 3 rings (SSSR count). The summed E-state index contributed by atoms with van der Waals surface area (Å²) in [6, 6.07) is 10.4. The smallest absolute Gasteiger partial charge is 0.408 e. The highest BCUT2D eigenvalue weighted by Crippen LogP contribution is 2.26. The van der Waals surface area contributed by atoms with Crippen molar-refractivity contribution in [2.24, 2.45) is 57.6 Å². The number of ether oxygens (including phenoxy) is 2. The van der Waals surface area contributed by atoms with Crippen LogP contribution in [-0.4, -0.2) is 217 Å². The zero-order valence-corrected chi connectivity index (χ0v) is 94.7. The predicted molar refractivity (Wildman–Crippen MR) is 569 cm³/mol. The molecule has 9 atom stereocenters. The van der Waals surface area contributed by atoms with Gasteiger partial charge in [-0.1, -0.05) is 141 Å². The maximum Gasteiger partial charge on any atom is 0.408 e. The lowest BCUT2D eigenvalue weighted by Gasteiger charge is -2.34. The summed E-state index contributed by atoms with van der Waals surface area (Å²) in [6.45, 7) is 58.5. The summed E-state index contributed by atoms with van der Waals surface area (Å²) in [5.74, 6) is -14.4. The molecule has 0 aliphatic rings. The van der Waals surface area contributed by atoms with E-state index in [1.807, 2.05) is 117 Å². The zero-order valence-electron chi connectivity index (χ0n) is 94.7. The third kappa shape index (κ3) is 45.1. The first-order valence-corrected chi connectivity index (χ1v) is 51.4. The molecule has 0 aliphatic carbocycles. The molecule has 149 heavy (non-hydrogen) atoms. The first kappa shape index (κ1) is 130. The molecule has 0 fully saturated rings. The van der Waals surface area contributed by atoms with Crippen molar-refractivity contribution < 1.29 is 101 Å². The fourth-order valence-electron chi connectivity index (χ4n) is 15.0. The highest BCUT2D eigenvalue weighted by molar-refractivity contribution is 6.05. The summed E-state index contributed by atoms with van der Waals surface area (Å²) in [4.78, 5) is 266. The molecule has 41 nitrogen and oxygen atoms in total. The fourth-order valence-corrected chi connectivity index (χ4v) is 15.0. The van der Waals surface area contributed by atoms with E-state index in [-0.39, 0.29) is 111 Å². The number of esters is 1. The molecule has 18 amide bonds. The number of hydrogen-bond acceptors (Lipinski definition) is 23. The predicted octanol–water partition coefficient (Wildman–Crippen LogP) is 9.72. The Hall–Kier alpha value is -13.0. The molecule has 0 bridgehead atoms. The minimum absolute atomic E-state index is 0.0281. The molecule has 0 radical (unpaired) electrons. The van der Waals surface area contributed by atoms with Crippen molar-refractivity contribution in [2.45, 2.75) is 412 Å². The van der Waals surface area contributed by atoms with Crippen LogP contribution in [0, 0.1) is 47.3 Å². The van der Waals surface area contributed by atoms with E-state index in [1.54, 1.807) is 69.3 Å². The van der Waals surface area contributed by atoms with Gasteiger partial charge < -0.3 is 105 Å². The number of nitrogens with one attached hydrogen (secondary N) is 18. The monoisotopic (exact) mass is 2090 g/mol. The van der Waals surface area contributed by atoms with Crippen LogP contribution in [0.15, 0.2) is 89.1 Å². The maximum atomic E-state index is 14.4. The average molecular weight is 2090 g/mol. The molecule has 41 heteroatoms. The lowest BCUT2D eigenvalue weighted by Crippen LogP contribution is -2.66. The standard InChI is InChI=1S/C108H174N20O21/c1-59(2)50-73(83(131)119-102(23,24)92(140)113-75(52-61(5)6)85(133)121-104(27,28)94(142)115-77(54-63(9)10)87(135)124-106(31,32)96(144)117-79(56-65(13)14)89(137)126-108(35,36)98(146)148-58-68-40-38-37-39-41-68)111-82(130)69-42-44-71(45-43-69)127-128-72-48-46-70(47-49-72)110-81(129)67(17)109-91(139)101(21,22)120-84(132)74(51-60(3)4)112-93(141)103(25,26)122-86(134)76(53-62(7)8)114-95(143)105(29,30)123-88(136)78(55-64(11)12)116-97(145)107(33,34)125-90(138)80(57-66(15)16)118-99(147)149-100(18,19)20/h37-49,59-67,73-80H,50-58H2,1-36H3,(H,109,139)(H,110,129)(H,111,130)(H,112,141)(H,113,140)(H,114,143)(H,115,142)(H,116,145)(H,117,144)(H,118,147)(H,119,131)(H,120,132)(H,121,133)(H,122,134)(H,123,136)(H,124,135)(H,125,138)(H,126,137)/t67-,73-,74-,75-,76-,77-,78-,79-,80-/m0/s1. The lowest BCUT2D eigenvalue weighted by molar-refractivity contribution is -0.154. The number of carbonyl (C=O) groups is 19. The molecule has 3 aromatic rings. The van der Waals surface area contributed by atoms with Crippen molar-refractivity contribution in [1.82, 2.24) is 90.4 Å². The van der Waals surface area contributed by atoms with E-state index in [0.29, 0.717) is 17.1 Å². The molecular formula is C108H174N20O21. The molecule has 832 valence electrons. The average Bonchev–Trinajstić information content (AvgIpc) is 0.818. The van der Waals surface area contributed by atoms with Crippen LogP contribution >= 0.6 is 0 Å². The third-order valence-electron chi connectivity index (χ3n) is 23.5. The molecule has 0 saturated heterocycles. The van der Waals surface area contributed by atoms with E-state index in [9.17, 15) is 91.1 Å². The number of carbonyl (C=O) groups excluding carboxylic acids is 19. The summed E-state index contributed by atoms with van der Waals surface area (Å²) in [5, 5.41) is 57.4. The summed E-state index contributed by atoms with van der Waals surface area (Å²) in [7, 11) is 0. The lowest BCUT2D eigenvalue weighted by atomic mass is 9.95. The Morgan fingerprint density at radius 3 is 0.718 bits per heavy atom. The van der Waals surface area contributed by atoms with Gasteiger partial charge in [-0.05, 0) is 291 Å². The molecule has 0 aliphatic heterocycles. The number of hydrogen-bond donors (Lipinski definition) is 18. The van der Waals surface area contributed by atoms with E-state index in [4.69, 9.17) is 9.47 Å². The first-order chi connectivity index (χ1) is 68.2. The highest BCUT2D eigenvalue weighted by Gasteiger charge is 2.47. The Bertz CT molecular complexity index is 5170. The van der Waals surface area contributed by atoms with Crippen LogP contribution in [0.5, 0.6) is 0 Å². The van der Waals surface area contributed by atoms with Crippen LogP contribution in [-0.2, 0) is 97.6 Å². The Morgan fingerprint density at radius 1 is 0.255 bits per heavy atom. The van der Waals surface area contributed by atoms with Crippen LogP contribution in [0.3, 0.4) is 0 Å². The van der Waals surface area contributed by atoms with Gasteiger partial charge in [0.2, 0.25) is 94.5 Å². The van der Waals surface area contributed by atoms with Crippen molar-refractivity contribution in [1.29, 1.82) is 0 Å². The van der Waals surface area contributed by atoms with E-state index in [0.717, 1.165) is 5.56 Å². The van der Waals surface area contributed by atoms with Crippen molar-refractivity contribution in [3.8, 4) is 0 Å². The number of anilines is 1. The summed E-state index contributed by atoms with van der Waals surface area (Å²) >= 11 is 0. The van der Waals surface area contributed by atoms with Crippen LogP contribution in [0.4, 0.5) is 21.9 Å². The minimum atomic E-state index is -1.74. The SMILES string of the molecule is CC(C)C[C@H](NC(=O)OC(C)(C)C)C(=O)NC(C)(C)C(=O)N[C@@H](CC(C)C)C(=O)NC(C)(C)C(=O)N[C@@H](CC(C)C)C(=O)NC(C)(C)C(=O)N[C@@H](CC(C)C)C(=O)NC(C)(C)C(=O)N[C@@H](C)C(=O)Nc1ccc(N=Nc2ccc(C(=O)N[C@@H](CC(C)C)C(=O)NC(C)(C)C(=O)N[C@@H](CC(C)C)C(=O)NC(C)(C)C(=O)N[C@@H](CC(C)C)C(=O)NC(C)(C)C(=O)N[C@@H](CC(C)C)C(=O)NC(C)(C)C(=O)OCc3ccccc3)cc2)cc1. The summed E-state index contributed by atoms with van der Waals surface area (Å²) < 4.78 is 10.9. The summed E-state index contributed by atoms with van der Waals surface area (Å²) in [5.41, 5.74) is -12.3. The van der Waals surface area contributed by atoms with Gasteiger partial charge in [0, 0.05) is 11.3 Å². The van der Waals surface area contributed by atoms with Gasteiger partial charge in [0.1, 0.15) is 111 Å². The molecule has 0 heterocycles. The quantitative estimate of drug-likeness (QED) is 0.0184. The van der Waals surface area contributed by atoms with Crippen LogP contribution in [0.2, 0.25) is 0 Å². The van der Waals surface area contributed by atoms with Crippen molar-refractivity contribution in [3.05, 3.63) is 90.0 Å². The van der Waals surface area contributed by atoms with Gasteiger partial charge in [0.25, 0.3) is 5.91 Å². The molecule has 0 aromatic heterocycles.